The van der Waals surface area contributed by atoms with Gasteiger partial charge in [0.25, 0.3) is 0 Å². The van der Waals surface area contributed by atoms with E-state index in [2.05, 4.69) is 32.0 Å². The Morgan fingerprint density at radius 2 is 1.96 bits per heavy atom. The zero-order valence-electron chi connectivity index (χ0n) is 15.8. The number of aromatic nitrogens is 4. The molecule has 1 aliphatic heterocycles. The zero-order chi connectivity index (χ0) is 18.4. The number of halogens is 1. The van der Waals surface area contributed by atoms with Crippen LogP contribution in [0.5, 0.6) is 0 Å². The maximum absolute atomic E-state index is 13.1. The molecule has 1 atom stereocenters. The molecule has 0 amide bonds. The number of alkyl halides is 1. The molecule has 3 rings (SSSR count). The van der Waals surface area contributed by atoms with Gasteiger partial charge in [0, 0.05) is 19.5 Å². The molecule has 6 nitrogen and oxygen atoms in total. The van der Waals surface area contributed by atoms with Gasteiger partial charge in [-0.2, -0.15) is 5.10 Å². The number of hydrogen-bond acceptors (Lipinski definition) is 5. The summed E-state index contributed by atoms with van der Waals surface area (Å²) in [5.74, 6) is 1.29. The van der Waals surface area contributed by atoms with Crippen molar-refractivity contribution in [2.75, 3.05) is 25.4 Å². The van der Waals surface area contributed by atoms with Crippen LogP contribution in [-0.4, -0.2) is 50.9 Å². The minimum absolute atomic E-state index is 0.473. The first kappa shape index (κ1) is 19.0. The van der Waals surface area contributed by atoms with Crippen LogP contribution in [0.4, 0.5) is 10.2 Å². The molecule has 0 radical (unpaired) electrons. The standard InChI is InChI=1S/C19H31FN6/c1-2-3-9-16-22-17-15(24-25-18(17)19(21)23-16)8-6-4-5-7-11-26-12-10-14(20)13-26/h14H,2-13H2,1H3,(H,24,25)(H2,21,22,23). The number of likely N-dealkylation sites (tertiary alicyclic amines) is 1. The molecule has 0 spiro atoms. The van der Waals surface area contributed by atoms with E-state index in [-0.39, 0.29) is 0 Å². The molecule has 3 heterocycles. The van der Waals surface area contributed by atoms with Gasteiger partial charge in [0.15, 0.2) is 11.3 Å². The highest BCUT2D eigenvalue weighted by molar-refractivity contribution is 5.85. The van der Waals surface area contributed by atoms with E-state index in [0.29, 0.717) is 24.3 Å². The van der Waals surface area contributed by atoms with Crippen molar-refractivity contribution >= 4 is 16.9 Å². The Morgan fingerprint density at radius 1 is 1.12 bits per heavy atom. The second-order valence-corrected chi connectivity index (χ2v) is 7.38. The number of nitrogens with one attached hydrogen (secondary N) is 1. The van der Waals surface area contributed by atoms with Crippen LogP contribution in [-0.2, 0) is 12.8 Å². The highest BCUT2D eigenvalue weighted by Gasteiger charge is 2.20. The van der Waals surface area contributed by atoms with Crippen molar-refractivity contribution in [3.8, 4) is 0 Å². The third-order valence-corrected chi connectivity index (χ3v) is 5.17. The van der Waals surface area contributed by atoms with Crippen LogP contribution in [0.15, 0.2) is 0 Å². The fourth-order valence-corrected chi connectivity index (χ4v) is 3.62. The van der Waals surface area contributed by atoms with E-state index in [1.165, 1.54) is 6.42 Å². The Morgan fingerprint density at radius 3 is 2.73 bits per heavy atom. The molecule has 26 heavy (non-hydrogen) atoms. The third kappa shape index (κ3) is 4.90. The topological polar surface area (TPSA) is 83.7 Å². The number of nitrogens with two attached hydrogens (primary N) is 1. The fraction of sp³-hybridized carbons (Fsp3) is 0.737. The molecular weight excluding hydrogens is 331 g/mol. The highest BCUT2D eigenvalue weighted by atomic mass is 19.1. The summed E-state index contributed by atoms with van der Waals surface area (Å²) in [5, 5.41) is 7.39. The fourth-order valence-electron chi connectivity index (χ4n) is 3.62. The lowest BCUT2D eigenvalue weighted by atomic mass is 10.1. The molecule has 144 valence electrons. The molecule has 0 saturated carbocycles. The SMILES string of the molecule is CCCCc1nc(N)c2n[nH]c(CCCCCCN3CCC(F)C3)c2n1. The van der Waals surface area contributed by atoms with Crippen LogP contribution < -0.4 is 5.73 Å². The van der Waals surface area contributed by atoms with Crippen LogP contribution in [0.1, 0.15) is 63.4 Å². The summed E-state index contributed by atoms with van der Waals surface area (Å²) >= 11 is 0. The van der Waals surface area contributed by atoms with Crippen molar-refractivity contribution in [1.82, 2.24) is 25.1 Å². The largest absolute Gasteiger partial charge is 0.382 e. The Bertz CT molecular complexity index is 701. The quantitative estimate of drug-likeness (QED) is 0.633. The molecule has 3 N–H and O–H groups in total. The van der Waals surface area contributed by atoms with E-state index < -0.39 is 6.17 Å². The molecule has 0 bridgehead atoms. The summed E-state index contributed by atoms with van der Waals surface area (Å²) in [6.07, 6.45) is 8.65. The number of nitrogens with zero attached hydrogens (tertiary/aromatic N) is 4. The maximum atomic E-state index is 13.1. The third-order valence-electron chi connectivity index (χ3n) is 5.17. The van der Waals surface area contributed by atoms with E-state index in [1.54, 1.807) is 0 Å². The van der Waals surface area contributed by atoms with Gasteiger partial charge in [0.1, 0.15) is 17.5 Å². The Hall–Kier alpha value is -1.76. The number of rotatable bonds is 10. The highest BCUT2D eigenvalue weighted by Crippen LogP contribution is 2.21. The van der Waals surface area contributed by atoms with Crippen molar-refractivity contribution in [3.05, 3.63) is 11.5 Å². The van der Waals surface area contributed by atoms with E-state index >= 15 is 0 Å². The Kier molecular flexibility index (Phi) is 6.77. The van der Waals surface area contributed by atoms with Crippen LogP contribution in [0.2, 0.25) is 0 Å². The second-order valence-electron chi connectivity index (χ2n) is 7.38. The smallest absolute Gasteiger partial charge is 0.155 e. The summed E-state index contributed by atoms with van der Waals surface area (Å²) in [4.78, 5) is 11.3. The van der Waals surface area contributed by atoms with E-state index in [0.717, 1.165) is 75.1 Å². The molecule has 0 aliphatic carbocycles. The number of fused-ring (bicyclic) bond motifs is 1. The summed E-state index contributed by atoms with van der Waals surface area (Å²) in [5.41, 5.74) is 8.68. The summed E-state index contributed by atoms with van der Waals surface area (Å²) in [6.45, 7) is 4.73. The van der Waals surface area contributed by atoms with Crippen molar-refractivity contribution in [3.63, 3.8) is 0 Å². The summed E-state index contributed by atoms with van der Waals surface area (Å²) in [7, 11) is 0. The molecule has 1 saturated heterocycles. The van der Waals surface area contributed by atoms with E-state index in [9.17, 15) is 4.39 Å². The zero-order valence-corrected chi connectivity index (χ0v) is 15.8. The van der Waals surface area contributed by atoms with Gasteiger partial charge >= 0.3 is 0 Å². The van der Waals surface area contributed by atoms with Crippen LogP contribution in [0, 0.1) is 0 Å². The van der Waals surface area contributed by atoms with Gasteiger partial charge in [-0.25, -0.2) is 14.4 Å². The van der Waals surface area contributed by atoms with Crippen molar-refractivity contribution < 1.29 is 4.39 Å². The number of H-pyrrole nitrogens is 1. The lowest BCUT2D eigenvalue weighted by Crippen LogP contribution is -2.22. The molecule has 2 aromatic heterocycles. The predicted molar refractivity (Wildman–Crippen MR) is 103 cm³/mol. The van der Waals surface area contributed by atoms with Gasteiger partial charge in [0.05, 0.1) is 5.69 Å². The summed E-state index contributed by atoms with van der Waals surface area (Å²) in [6, 6.07) is 0. The monoisotopic (exact) mass is 362 g/mol. The average molecular weight is 362 g/mol. The minimum atomic E-state index is -0.611. The normalized spacial score (nSPS) is 18.2. The van der Waals surface area contributed by atoms with Crippen LogP contribution in [0.25, 0.3) is 11.0 Å². The first-order chi connectivity index (χ1) is 12.7. The molecule has 0 aromatic carbocycles. The molecular formula is C19H31FN6. The number of aryl methyl sites for hydroxylation is 2. The van der Waals surface area contributed by atoms with E-state index in [4.69, 9.17) is 5.73 Å². The molecule has 2 aromatic rings. The Labute approximate surface area is 154 Å². The number of anilines is 1. The lowest BCUT2D eigenvalue weighted by Gasteiger charge is -2.13. The van der Waals surface area contributed by atoms with Crippen LogP contribution >= 0.6 is 0 Å². The molecule has 1 fully saturated rings. The number of unbranched alkanes of at least 4 members (excludes halogenated alkanes) is 4. The van der Waals surface area contributed by atoms with Crippen molar-refractivity contribution in [1.29, 1.82) is 0 Å². The van der Waals surface area contributed by atoms with E-state index in [1.807, 2.05) is 0 Å². The van der Waals surface area contributed by atoms with Gasteiger partial charge in [0.2, 0.25) is 0 Å². The van der Waals surface area contributed by atoms with Crippen LogP contribution in [0.3, 0.4) is 0 Å². The van der Waals surface area contributed by atoms with Gasteiger partial charge in [-0.15, -0.1) is 0 Å². The number of nitrogen functional groups attached to an aromatic ring is 1. The van der Waals surface area contributed by atoms with Gasteiger partial charge in [-0.3, -0.25) is 5.10 Å². The molecule has 7 heteroatoms. The first-order valence-electron chi connectivity index (χ1n) is 10.0. The van der Waals surface area contributed by atoms with Gasteiger partial charge < -0.3 is 10.6 Å². The summed E-state index contributed by atoms with van der Waals surface area (Å²) < 4.78 is 13.1. The van der Waals surface area contributed by atoms with Gasteiger partial charge in [-0.1, -0.05) is 26.2 Å². The lowest BCUT2D eigenvalue weighted by molar-refractivity contribution is 0.283. The van der Waals surface area contributed by atoms with Gasteiger partial charge in [-0.05, 0) is 38.6 Å². The van der Waals surface area contributed by atoms with Crippen molar-refractivity contribution in [2.45, 2.75) is 70.9 Å². The first-order valence-corrected chi connectivity index (χ1v) is 10.0. The number of hydrogen-bond donors (Lipinski definition) is 2. The Balaban J connectivity index is 1.45. The minimum Gasteiger partial charge on any atom is -0.382 e. The van der Waals surface area contributed by atoms with Crippen molar-refractivity contribution in [2.24, 2.45) is 0 Å². The average Bonchev–Trinajstić information content (AvgIpc) is 3.22. The second kappa shape index (κ2) is 9.26. The molecule has 1 aliphatic rings. The molecule has 1 unspecified atom stereocenters. The predicted octanol–water partition coefficient (Wildman–Crippen LogP) is 3.42. The number of aromatic amines is 1. The maximum Gasteiger partial charge on any atom is 0.155 e.